The highest BCUT2D eigenvalue weighted by atomic mass is 79.9. The van der Waals surface area contributed by atoms with E-state index in [2.05, 4.69) is 20.7 Å². The van der Waals surface area contributed by atoms with Crippen molar-refractivity contribution in [3.8, 4) is 0 Å². The largest absolute Gasteiger partial charge is 0.469 e. The van der Waals surface area contributed by atoms with Gasteiger partial charge in [0.25, 0.3) is 0 Å². The molecule has 1 aromatic rings. The number of benzene rings is 1. The van der Waals surface area contributed by atoms with E-state index in [1.165, 1.54) is 7.11 Å². The predicted octanol–water partition coefficient (Wildman–Crippen LogP) is 3.20. The van der Waals surface area contributed by atoms with Crippen LogP contribution in [0.1, 0.15) is 34.3 Å². The van der Waals surface area contributed by atoms with E-state index in [-0.39, 0.29) is 24.6 Å². The topological polar surface area (TPSA) is 43.4 Å². The number of halogens is 1. The lowest BCUT2D eigenvalue weighted by Gasteiger charge is -2.09. The lowest BCUT2D eigenvalue weighted by atomic mass is 9.97. The average Bonchev–Trinajstić information content (AvgIpc) is 2.24. The highest BCUT2D eigenvalue weighted by Crippen LogP contribution is 2.22. The first-order valence-electron chi connectivity index (χ1n) is 5.32. The second-order valence-corrected chi connectivity index (χ2v) is 4.83. The number of ketones is 1. The van der Waals surface area contributed by atoms with Gasteiger partial charge in [0.05, 0.1) is 13.5 Å². The zero-order chi connectivity index (χ0) is 13.0. The van der Waals surface area contributed by atoms with Crippen LogP contribution in [-0.2, 0) is 9.53 Å². The zero-order valence-electron chi connectivity index (χ0n) is 10.2. The lowest BCUT2D eigenvalue weighted by Crippen LogP contribution is -2.08. The maximum absolute atomic E-state index is 12.0. The smallest absolute Gasteiger partial charge is 0.305 e. The first kappa shape index (κ1) is 13.9. The molecule has 0 amide bonds. The van der Waals surface area contributed by atoms with Gasteiger partial charge >= 0.3 is 5.97 Å². The summed E-state index contributed by atoms with van der Waals surface area (Å²) < 4.78 is 5.47. The molecular weight excluding hydrogens is 284 g/mol. The Kier molecular flexibility index (Phi) is 4.87. The third kappa shape index (κ3) is 3.66. The molecular formula is C13H15BrO3. The fourth-order valence-electron chi connectivity index (χ4n) is 1.79. The molecule has 4 heteroatoms. The summed E-state index contributed by atoms with van der Waals surface area (Å²) in [5.74, 6) is -0.372. The first-order chi connectivity index (χ1) is 7.95. The van der Waals surface area contributed by atoms with Crippen LogP contribution in [0, 0.1) is 13.8 Å². The number of esters is 1. The number of hydrogen-bond acceptors (Lipinski definition) is 3. The summed E-state index contributed by atoms with van der Waals surface area (Å²) in [6.07, 6.45) is 0.320. The molecule has 0 aliphatic rings. The third-order valence-electron chi connectivity index (χ3n) is 2.56. The molecule has 0 N–H and O–H groups in total. The van der Waals surface area contributed by atoms with Crippen molar-refractivity contribution in [1.29, 1.82) is 0 Å². The van der Waals surface area contributed by atoms with Crippen molar-refractivity contribution in [2.45, 2.75) is 26.7 Å². The van der Waals surface area contributed by atoms with Crippen LogP contribution >= 0.6 is 15.9 Å². The van der Waals surface area contributed by atoms with Gasteiger partial charge in [-0.05, 0) is 37.1 Å². The van der Waals surface area contributed by atoms with Gasteiger partial charge in [-0.25, -0.2) is 0 Å². The second kappa shape index (κ2) is 5.96. The third-order valence-corrected chi connectivity index (χ3v) is 3.02. The van der Waals surface area contributed by atoms with Gasteiger partial charge in [0, 0.05) is 16.5 Å². The van der Waals surface area contributed by atoms with E-state index in [9.17, 15) is 9.59 Å². The average molecular weight is 299 g/mol. The minimum atomic E-state index is -0.356. The van der Waals surface area contributed by atoms with Gasteiger partial charge in [0.1, 0.15) is 0 Å². The molecule has 0 spiro atoms. The number of methoxy groups -OCH3 is 1. The van der Waals surface area contributed by atoms with Crippen molar-refractivity contribution in [2.75, 3.05) is 7.11 Å². The number of hydrogen-bond donors (Lipinski definition) is 0. The molecule has 0 saturated carbocycles. The molecule has 0 atom stereocenters. The molecule has 17 heavy (non-hydrogen) atoms. The van der Waals surface area contributed by atoms with Crippen molar-refractivity contribution < 1.29 is 14.3 Å². The van der Waals surface area contributed by atoms with E-state index in [0.29, 0.717) is 5.56 Å². The van der Waals surface area contributed by atoms with E-state index in [1.807, 2.05) is 26.0 Å². The molecule has 0 heterocycles. The molecule has 0 saturated heterocycles. The Labute approximate surface area is 109 Å². The second-order valence-electron chi connectivity index (χ2n) is 3.91. The summed E-state index contributed by atoms with van der Waals surface area (Å²) in [5, 5.41) is 0. The van der Waals surface area contributed by atoms with Crippen LogP contribution in [0.2, 0.25) is 0 Å². The number of carbonyl (C=O) groups excluding carboxylic acids is 2. The van der Waals surface area contributed by atoms with Crippen molar-refractivity contribution in [2.24, 2.45) is 0 Å². The standard InChI is InChI=1S/C13H15BrO3/c1-8-6-10(14)7-9(2)13(8)11(15)4-5-12(16)17-3/h6-7H,4-5H2,1-3H3. The molecule has 92 valence electrons. The summed E-state index contributed by atoms with van der Waals surface area (Å²) in [6, 6.07) is 3.80. The van der Waals surface area contributed by atoms with Gasteiger partial charge in [0.2, 0.25) is 0 Å². The summed E-state index contributed by atoms with van der Waals surface area (Å²) in [6.45, 7) is 3.78. The van der Waals surface area contributed by atoms with Crippen molar-refractivity contribution in [3.63, 3.8) is 0 Å². The van der Waals surface area contributed by atoms with Crippen LogP contribution in [0.15, 0.2) is 16.6 Å². The quantitative estimate of drug-likeness (QED) is 0.633. The van der Waals surface area contributed by atoms with Gasteiger partial charge in [-0.2, -0.15) is 0 Å². The predicted molar refractivity (Wildman–Crippen MR) is 69.2 cm³/mol. The first-order valence-corrected chi connectivity index (χ1v) is 6.11. The summed E-state index contributed by atoms with van der Waals surface area (Å²) in [7, 11) is 1.32. The lowest BCUT2D eigenvalue weighted by molar-refractivity contribution is -0.140. The van der Waals surface area contributed by atoms with E-state index in [4.69, 9.17) is 0 Å². The van der Waals surface area contributed by atoms with E-state index >= 15 is 0 Å². The number of ether oxygens (including phenoxy) is 1. The molecule has 0 bridgehead atoms. The normalized spacial score (nSPS) is 10.1. The van der Waals surface area contributed by atoms with Crippen LogP contribution in [0.4, 0.5) is 0 Å². The van der Waals surface area contributed by atoms with Crippen LogP contribution in [0.25, 0.3) is 0 Å². The molecule has 1 aromatic carbocycles. The molecule has 0 aliphatic carbocycles. The molecule has 0 aliphatic heterocycles. The maximum atomic E-state index is 12.0. The minimum absolute atomic E-state index is 0.0158. The molecule has 0 unspecified atom stereocenters. The van der Waals surface area contributed by atoms with Crippen molar-refractivity contribution in [3.05, 3.63) is 33.3 Å². The van der Waals surface area contributed by atoms with Gasteiger partial charge < -0.3 is 4.74 Å². The van der Waals surface area contributed by atoms with Crippen LogP contribution in [0.3, 0.4) is 0 Å². The minimum Gasteiger partial charge on any atom is -0.469 e. The van der Waals surface area contributed by atoms with Crippen molar-refractivity contribution in [1.82, 2.24) is 0 Å². The van der Waals surface area contributed by atoms with Crippen molar-refractivity contribution >= 4 is 27.7 Å². The van der Waals surface area contributed by atoms with E-state index in [0.717, 1.165) is 15.6 Å². The number of Topliss-reactive ketones (excluding diaryl/α,β-unsaturated/α-hetero) is 1. The molecule has 1 rings (SSSR count). The number of carbonyl (C=O) groups is 2. The molecule has 0 radical (unpaired) electrons. The zero-order valence-corrected chi connectivity index (χ0v) is 11.8. The number of aryl methyl sites for hydroxylation is 2. The highest BCUT2D eigenvalue weighted by molar-refractivity contribution is 9.10. The van der Waals surface area contributed by atoms with Gasteiger partial charge in [-0.1, -0.05) is 15.9 Å². The molecule has 0 aromatic heterocycles. The fourth-order valence-corrected chi connectivity index (χ4v) is 2.48. The maximum Gasteiger partial charge on any atom is 0.305 e. The van der Waals surface area contributed by atoms with Gasteiger partial charge in [0.15, 0.2) is 5.78 Å². The Bertz CT molecular complexity index is 429. The van der Waals surface area contributed by atoms with Gasteiger partial charge in [-0.15, -0.1) is 0 Å². The SMILES string of the molecule is COC(=O)CCC(=O)c1c(C)cc(Br)cc1C. The molecule has 0 fully saturated rings. The Morgan fingerprint density at radius 1 is 1.18 bits per heavy atom. The summed E-state index contributed by atoms with van der Waals surface area (Å²) >= 11 is 3.38. The summed E-state index contributed by atoms with van der Waals surface area (Å²) in [5.41, 5.74) is 2.55. The van der Waals surface area contributed by atoms with Crippen LogP contribution in [-0.4, -0.2) is 18.9 Å². The van der Waals surface area contributed by atoms with Crippen LogP contribution in [0.5, 0.6) is 0 Å². The summed E-state index contributed by atoms with van der Waals surface area (Å²) in [4.78, 5) is 23.0. The Balaban J connectivity index is 2.86. The fraction of sp³-hybridized carbons (Fsp3) is 0.385. The molecule has 3 nitrogen and oxygen atoms in total. The van der Waals surface area contributed by atoms with Gasteiger partial charge in [-0.3, -0.25) is 9.59 Å². The number of rotatable bonds is 4. The van der Waals surface area contributed by atoms with Crippen LogP contribution < -0.4 is 0 Å². The monoisotopic (exact) mass is 298 g/mol. The van der Waals surface area contributed by atoms with E-state index in [1.54, 1.807) is 0 Å². The Morgan fingerprint density at radius 3 is 2.18 bits per heavy atom. The Morgan fingerprint density at radius 2 is 1.71 bits per heavy atom. The highest BCUT2D eigenvalue weighted by Gasteiger charge is 2.14. The Hall–Kier alpha value is -1.16. The van der Waals surface area contributed by atoms with E-state index < -0.39 is 0 Å².